The van der Waals surface area contributed by atoms with Gasteiger partial charge in [0.1, 0.15) is 0 Å². The molecule has 1 aliphatic rings. The van der Waals surface area contributed by atoms with E-state index in [9.17, 15) is 4.79 Å². The maximum atomic E-state index is 12.1. The van der Waals surface area contributed by atoms with E-state index >= 15 is 0 Å². The number of alkyl carbamates (subject to hydrolysis) is 1. The van der Waals surface area contributed by atoms with Gasteiger partial charge >= 0.3 is 6.09 Å². The molecule has 1 aromatic carbocycles. The predicted octanol–water partition coefficient (Wildman–Crippen LogP) is 4.31. The molecule has 0 fully saturated rings. The van der Waals surface area contributed by atoms with Crippen molar-refractivity contribution in [3.63, 3.8) is 0 Å². The molecule has 2 rings (SSSR count). The number of hydrogen-bond acceptors (Lipinski definition) is 4. The lowest BCUT2D eigenvalue weighted by molar-refractivity contribution is 0.119. The van der Waals surface area contributed by atoms with E-state index in [-0.39, 0.29) is 12.1 Å². The average Bonchev–Trinajstić information content (AvgIpc) is 2.95. The molecule has 1 aromatic rings. The number of amides is 1. The van der Waals surface area contributed by atoms with Gasteiger partial charge in [-0.05, 0) is 49.3 Å². The zero-order chi connectivity index (χ0) is 19.3. The molecule has 1 amide bonds. The lowest BCUT2D eigenvalue weighted by Gasteiger charge is -2.31. The quantitative estimate of drug-likeness (QED) is 0.823. The van der Waals surface area contributed by atoms with E-state index < -0.39 is 6.09 Å². The number of ether oxygens (including phenoxy) is 1. The standard InChI is InChI=1S/C21H33N3O2/c1-7-16-9-10-17(8-2)18(11-16)19-12-22-20(24(19)13-14(3)4)23-21(25)26-15(5)6/h9-11,14-15,19H,7-8,12-13H2,1-6H3,(H,22,23,25). The van der Waals surface area contributed by atoms with Gasteiger partial charge in [-0.3, -0.25) is 10.3 Å². The SMILES string of the molecule is CCc1ccc(CC)c(C2CN=C(NC(=O)OC(C)C)N2CC(C)C)c1. The summed E-state index contributed by atoms with van der Waals surface area (Å²) in [6, 6.07) is 6.92. The fourth-order valence-corrected chi connectivity index (χ4v) is 3.33. The van der Waals surface area contributed by atoms with Gasteiger partial charge in [0.2, 0.25) is 5.96 Å². The van der Waals surface area contributed by atoms with E-state index in [0.717, 1.165) is 19.4 Å². The molecule has 5 heteroatoms. The minimum atomic E-state index is -0.439. The fourth-order valence-electron chi connectivity index (χ4n) is 3.33. The minimum absolute atomic E-state index is 0.153. The van der Waals surface area contributed by atoms with Crippen molar-refractivity contribution in [3.05, 3.63) is 34.9 Å². The Balaban J connectivity index is 2.28. The van der Waals surface area contributed by atoms with E-state index in [1.54, 1.807) is 0 Å². The van der Waals surface area contributed by atoms with Gasteiger partial charge in [-0.15, -0.1) is 0 Å². The number of hydrogen-bond donors (Lipinski definition) is 1. The summed E-state index contributed by atoms with van der Waals surface area (Å²) in [5.41, 5.74) is 4.01. The van der Waals surface area contributed by atoms with Gasteiger partial charge in [0.25, 0.3) is 0 Å². The van der Waals surface area contributed by atoms with Crippen LogP contribution in [-0.4, -0.2) is 36.1 Å². The summed E-state index contributed by atoms with van der Waals surface area (Å²) in [4.78, 5) is 18.9. The lowest BCUT2D eigenvalue weighted by Crippen LogP contribution is -2.45. The van der Waals surface area contributed by atoms with E-state index in [4.69, 9.17) is 4.74 Å². The number of aryl methyl sites for hydroxylation is 2. The van der Waals surface area contributed by atoms with Crippen LogP contribution in [0.2, 0.25) is 0 Å². The highest BCUT2D eigenvalue weighted by atomic mass is 16.6. The van der Waals surface area contributed by atoms with Crippen molar-refractivity contribution < 1.29 is 9.53 Å². The van der Waals surface area contributed by atoms with Gasteiger partial charge in [0, 0.05) is 6.54 Å². The van der Waals surface area contributed by atoms with Crippen molar-refractivity contribution in [3.8, 4) is 0 Å². The first-order chi connectivity index (χ1) is 12.3. The van der Waals surface area contributed by atoms with Gasteiger partial charge < -0.3 is 9.64 Å². The van der Waals surface area contributed by atoms with E-state index in [1.165, 1.54) is 16.7 Å². The average molecular weight is 360 g/mol. The molecular formula is C21H33N3O2. The van der Waals surface area contributed by atoms with Crippen LogP contribution in [0.15, 0.2) is 23.2 Å². The van der Waals surface area contributed by atoms with Crippen molar-refractivity contribution in [2.75, 3.05) is 13.1 Å². The second kappa shape index (κ2) is 9.06. The molecule has 1 atom stereocenters. The molecular weight excluding hydrogens is 326 g/mol. The first-order valence-corrected chi connectivity index (χ1v) is 9.76. The monoisotopic (exact) mass is 359 g/mol. The third-order valence-electron chi connectivity index (χ3n) is 4.54. The normalized spacial score (nSPS) is 17.0. The number of benzene rings is 1. The number of nitrogens with one attached hydrogen (secondary N) is 1. The Kier molecular flexibility index (Phi) is 7.06. The molecule has 0 radical (unpaired) electrons. The largest absolute Gasteiger partial charge is 0.447 e. The summed E-state index contributed by atoms with van der Waals surface area (Å²) in [5.74, 6) is 1.08. The second-order valence-corrected chi connectivity index (χ2v) is 7.55. The lowest BCUT2D eigenvalue weighted by atomic mass is 9.94. The number of carbonyl (C=O) groups is 1. The molecule has 0 aromatic heterocycles. The molecule has 26 heavy (non-hydrogen) atoms. The molecule has 144 valence electrons. The van der Waals surface area contributed by atoms with Crippen LogP contribution in [0, 0.1) is 5.92 Å². The highest BCUT2D eigenvalue weighted by molar-refractivity contribution is 5.95. The van der Waals surface area contributed by atoms with Gasteiger partial charge in [0.15, 0.2) is 0 Å². The molecule has 1 aliphatic heterocycles. The van der Waals surface area contributed by atoms with Crippen molar-refractivity contribution in [2.24, 2.45) is 10.9 Å². The zero-order valence-corrected chi connectivity index (χ0v) is 17.0. The summed E-state index contributed by atoms with van der Waals surface area (Å²) in [7, 11) is 0. The van der Waals surface area contributed by atoms with Gasteiger partial charge in [0.05, 0.1) is 18.7 Å². The van der Waals surface area contributed by atoms with Crippen LogP contribution in [0.5, 0.6) is 0 Å². The molecule has 0 bridgehead atoms. The maximum Gasteiger partial charge on any atom is 0.414 e. The summed E-state index contributed by atoms with van der Waals surface area (Å²) in [6.45, 7) is 13.9. The number of guanidine groups is 1. The molecule has 0 saturated carbocycles. The van der Waals surface area contributed by atoms with Crippen LogP contribution in [0.25, 0.3) is 0 Å². The van der Waals surface area contributed by atoms with Gasteiger partial charge in [-0.2, -0.15) is 0 Å². The van der Waals surface area contributed by atoms with E-state index in [2.05, 4.69) is 61.1 Å². The molecule has 0 saturated heterocycles. The fraction of sp³-hybridized carbons (Fsp3) is 0.619. The Labute approximate surface area is 157 Å². The van der Waals surface area contributed by atoms with Crippen LogP contribution in [-0.2, 0) is 17.6 Å². The van der Waals surface area contributed by atoms with E-state index in [0.29, 0.717) is 18.4 Å². The Morgan fingerprint density at radius 1 is 1.27 bits per heavy atom. The zero-order valence-electron chi connectivity index (χ0n) is 17.0. The third-order valence-corrected chi connectivity index (χ3v) is 4.54. The molecule has 0 spiro atoms. The molecule has 1 heterocycles. The number of aliphatic imine (C=N–C) groups is 1. The van der Waals surface area contributed by atoms with Crippen LogP contribution in [0.3, 0.4) is 0 Å². The Morgan fingerprint density at radius 2 is 2.00 bits per heavy atom. The van der Waals surface area contributed by atoms with Crippen molar-refractivity contribution >= 4 is 12.1 Å². The number of carbonyl (C=O) groups excluding carboxylic acids is 1. The first-order valence-electron chi connectivity index (χ1n) is 9.76. The predicted molar refractivity (Wildman–Crippen MR) is 107 cm³/mol. The first kappa shape index (κ1) is 20.3. The Morgan fingerprint density at radius 3 is 2.58 bits per heavy atom. The van der Waals surface area contributed by atoms with E-state index in [1.807, 2.05) is 13.8 Å². The number of nitrogens with zero attached hydrogens (tertiary/aromatic N) is 2. The van der Waals surface area contributed by atoms with Crippen molar-refractivity contribution in [1.82, 2.24) is 10.2 Å². The van der Waals surface area contributed by atoms with Crippen LogP contribution in [0.1, 0.15) is 64.3 Å². The van der Waals surface area contributed by atoms with Crippen molar-refractivity contribution in [2.45, 2.75) is 66.5 Å². The summed E-state index contributed by atoms with van der Waals surface area (Å²) < 4.78 is 5.23. The molecule has 1 unspecified atom stereocenters. The highest BCUT2D eigenvalue weighted by Gasteiger charge is 2.32. The Bertz CT molecular complexity index is 653. The van der Waals surface area contributed by atoms with Gasteiger partial charge in [-0.25, -0.2) is 4.79 Å². The van der Waals surface area contributed by atoms with Crippen molar-refractivity contribution in [1.29, 1.82) is 0 Å². The highest BCUT2D eigenvalue weighted by Crippen LogP contribution is 2.31. The minimum Gasteiger partial charge on any atom is -0.447 e. The summed E-state index contributed by atoms with van der Waals surface area (Å²) in [5, 5.41) is 2.85. The third kappa shape index (κ3) is 4.99. The summed E-state index contributed by atoms with van der Waals surface area (Å²) in [6.07, 6.45) is 1.41. The topological polar surface area (TPSA) is 53.9 Å². The number of rotatable bonds is 6. The smallest absolute Gasteiger partial charge is 0.414 e. The maximum absolute atomic E-state index is 12.1. The Hall–Kier alpha value is -2.04. The van der Waals surface area contributed by atoms with Gasteiger partial charge in [-0.1, -0.05) is 45.9 Å². The second-order valence-electron chi connectivity index (χ2n) is 7.55. The van der Waals surface area contributed by atoms with Crippen LogP contribution in [0.4, 0.5) is 4.79 Å². The molecule has 0 aliphatic carbocycles. The van der Waals surface area contributed by atoms with Crippen LogP contribution < -0.4 is 5.32 Å². The van der Waals surface area contributed by atoms with Crippen LogP contribution >= 0.6 is 0 Å². The summed E-state index contributed by atoms with van der Waals surface area (Å²) >= 11 is 0. The molecule has 5 nitrogen and oxygen atoms in total. The molecule has 1 N–H and O–H groups in total.